The standard InChI is InChI=1S/C19H20ClNO3/c1-23-17-9-7-14(13-18(17)24-2)11-12-21-19(22)10-8-15-5-3-4-6-16(15)20/h3-10,13H,11-12H2,1-2H3,(H,21,22)/b10-8+. The van der Waals surface area contributed by atoms with Gasteiger partial charge in [-0.2, -0.15) is 0 Å². The Morgan fingerprint density at radius 3 is 2.58 bits per heavy atom. The number of rotatable bonds is 7. The van der Waals surface area contributed by atoms with Crippen molar-refractivity contribution in [3.05, 3.63) is 64.7 Å². The Morgan fingerprint density at radius 2 is 1.88 bits per heavy atom. The van der Waals surface area contributed by atoms with Crippen LogP contribution in [0.4, 0.5) is 0 Å². The van der Waals surface area contributed by atoms with E-state index in [-0.39, 0.29) is 5.91 Å². The van der Waals surface area contributed by atoms with E-state index in [1.165, 1.54) is 6.08 Å². The van der Waals surface area contributed by atoms with Crippen LogP contribution >= 0.6 is 11.6 Å². The van der Waals surface area contributed by atoms with Crippen LogP contribution < -0.4 is 14.8 Å². The van der Waals surface area contributed by atoms with Crippen LogP contribution in [0.2, 0.25) is 5.02 Å². The van der Waals surface area contributed by atoms with Gasteiger partial charge in [0.1, 0.15) is 0 Å². The summed E-state index contributed by atoms with van der Waals surface area (Å²) in [7, 11) is 3.20. The van der Waals surface area contributed by atoms with Gasteiger partial charge in [-0.15, -0.1) is 0 Å². The summed E-state index contributed by atoms with van der Waals surface area (Å²) in [5, 5.41) is 3.46. The molecule has 0 fully saturated rings. The molecule has 0 aliphatic rings. The summed E-state index contributed by atoms with van der Waals surface area (Å²) >= 11 is 6.04. The molecule has 0 spiro atoms. The molecule has 0 saturated heterocycles. The first kappa shape index (κ1) is 17.9. The van der Waals surface area contributed by atoms with E-state index >= 15 is 0 Å². The van der Waals surface area contributed by atoms with Crippen LogP contribution in [-0.4, -0.2) is 26.7 Å². The van der Waals surface area contributed by atoms with Gasteiger partial charge in [-0.1, -0.05) is 35.9 Å². The molecule has 24 heavy (non-hydrogen) atoms. The summed E-state index contributed by atoms with van der Waals surface area (Å²) in [6.07, 6.45) is 3.88. The molecule has 0 aromatic heterocycles. The monoisotopic (exact) mass is 345 g/mol. The van der Waals surface area contributed by atoms with Crippen LogP contribution in [-0.2, 0) is 11.2 Å². The van der Waals surface area contributed by atoms with E-state index in [0.29, 0.717) is 29.5 Å². The van der Waals surface area contributed by atoms with Gasteiger partial charge in [0.25, 0.3) is 0 Å². The summed E-state index contributed by atoms with van der Waals surface area (Å²) in [4.78, 5) is 11.9. The maximum absolute atomic E-state index is 11.9. The molecule has 1 N–H and O–H groups in total. The molecule has 5 heteroatoms. The van der Waals surface area contributed by atoms with Crippen LogP contribution in [0, 0.1) is 0 Å². The molecule has 2 rings (SSSR count). The van der Waals surface area contributed by atoms with Crippen molar-refractivity contribution >= 4 is 23.6 Å². The van der Waals surface area contributed by atoms with Gasteiger partial charge in [-0.25, -0.2) is 0 Å². The number of nitrogens with one attached hydrogen (secondary N) is 1. The molecule has 0 saturated carbocycles. The molecule has 2 aromatic carbocycles. The minimum atomic E-state index is -0.157. The highest BCUT2D eigenvalue weighted by Gasteiger charge is 2.05. The van der Waals surface area contributed by atoms with E-state index in [2.05, 4.69) is 5.32 Å². The van der Waals surface area contributed by atoms with Crippen molar-refractivity contribution in [1.82, 2.24) is 5.32 Å². The second-order valence-corrected chi connectivity index (χ2v) is 5.49. The van der Waals surface area contributed by atoms with Crippen molar-refractivity contribution in [1.29, 1.82) is 0 Å². The average molecular weight is 346 g/mol. The third-order valence-electron chi connectivity index (χ3n) is 3.48. The molecular weight excluding hydrogens is 326 g/mol. The molecule has 0 heterocycles. The first-order valence-corrected chi connectivity index (χ1v) is 7.93. The number of benzene rings is 2. The highest BCUT2D eigenvalue weighted by atomic mass is 35.5. The minimum Gasteiger partial charge on any atom is -0.493 e. The van der Waals surface area contributed by atoms with Crippen LogP contribution in [0.25, 0.3) is 6.08 Å². The predicted octanol–water partition coefficient (Wildman–Crippen LogP) is 3.73. The topological polar surface area (TPSA) is 47.6 Å². The number of hydrogen-bond acceptors (Lipinski definition) is 3. The van der Waals surface area contributed by atoms with E-state index in [0.717, 1.165) is 11.1 Å². The predicted molar refractivity (Wildman–Crippen MR) is 96.7 cm³/mol. The lowest BCUT2D eigenvalue weighted by molar-refractivity contribution is -0.116. The normalized spacial score (nSPS) is 10.6. The van der Waals surface area contributed by atoms with Gasteiger partial charge in [0, 0.05) is 17.6 Å². The molecule has 1 amide bonds. The third kappa shape index (κ3) is 5.03. The summed E-state index contributed by atoms with van der Waals surface area (Å²) in [5.41, 5.74) is 1.87. The fourth-order valence-corrected chi connectivity index (χ4v) is 2.40. The Bertz CT molecular complexity index is 728. The number of ether oxygens (including phenoxy) is 2. The van der Waals surface area contributed by atoms with Gasteiger partial charge in [0.05, 0.1) is 14.2 Å². The Balaban J connectivity index is 1.85. The Labute approximate surface area is 147 Å². The maximum atomic E-state index is 11.9. The van der Waals surface area contributed by atoms with Crippen LogP contribution in [0.3, 0.4) is 0 Å². The molecule has 0 radical (unpaired) electrons. The lowest BCUT2D eigenvalue weighted by Crippen LogP contribution is -2.23. The summed E-state index contributed by atoms with van der Waals surface area (Å²) in [6.45, 7) is 0.529. The number of amides is 1. The van der Waals surface area contributed by atoms with Crippen LogP contribution in [0.15, 0.2) is 48.5 Å². The summed E-state index contributed by atoms with van der Waals surface area (Å²) in [5.74, 6) is 1.21. The zero-order valence-electron chi connectivity index (χ0n) is 13.7. The number of halogens is 1. The van der Waals surface area contributed by atoms with Crippen molar-refractivity contribution in [2.45, 2.75) is 6.42 Å². The quantitative estimate of drug-likeness (QED) is 0.778. The fourth-order valence-electron chi connectivity index (χ4n) is 2.20. The number of carbonyl (C=O) groups is 1. The molecule has 0 aliphatic heterocycles. The second kappa shape index (κ2) is 8.99. The molecule has 0 atom stereocenters. The van der Waals surface area contributed by atoms with E-state index in [1.807, 2.05) is 36.4 Å². The second-order valence-electron chi connectivity index (χ2n) is 5.09. The third-order valence-corrected chi connectivity index (χ3v) is 3.82. The number of methoxy groups -OCH3 is 2. The van der Waals surface area contributed by atoms with E-state index in [9.17, 15) is 4.79 Å². The molecule has 2 aromatic rings. The Hall–Kier alpha value is -2.46. The fraction of sp³-hybridized carbons (Fsp3) is 0.211. The zero-order valence-corrected chi connectivity index (χ0v) is 14.5. The molecule has 4 nitrogen and oxygen atoms in total. The van der Waals surface area contributed by atoms with Crippen molar-refractivity contribution in [3.8, 4) is 11.5 Å². The molecule has 0 unspecified atom stereocenters. The van der Waals surface area contributed by atoms with E-state index in [1.54, 1.807) is 26.4 Å². The van der Waals surface area contributed by atoms with Crippen molar-refractivity contribution < 1.29 is 14.3 Å². The smallest absolute Gasteiger partial charge is 0.244 e. The lowest BCUT2D eigenvalue weighted by atomic mass is 10.1. The Kier molecular flexibility index (Phi) is 6.70. The van der Waals surface area contributed by atoms with Gasteiger partial charge in [0.15, 0.2) is 11.5 Å². The van der Waals surface area contributed by atoms with Gasteiger partial charge in [0.2, 0.25) is 5.91 Å². The summed E-state index contributed by atoms with van der Waals surface area (Å²) < 4.78 is 10.5. The van der Waals surface area contributed by atoms with Gasteiger partial charge >= 0.3 is 0 Å². The minimum absolute atomic E-state index is 0.157. The van der Waals surface area contributed by atoms with E-state index < -0.39 is 0 Å². The van der Waals surface area contributed by atoms with E-state index in [4.69, 9.17) is 21.1 Å². The largest absolute Gasteiger partial charge is 0.493 e. The average Bonchev–Trinajstić information content (AvgIpc) is 2.61. The van der Waals surface area contributed by atoms with Crippen LogP contribution in [0.5, 0.6) is 11.5 Å². The molecule has 126 valence electrons. The lowest BCUT2D eigenvalue weighted by Gasteiger charge is -2.09. The molecular formula is C19H20ClNO3. The molecule has 0 bridgehead atoms. The molecule has 0 aliphatic carbocycles. The number of hydrogen-bond donors (Lipinski definition) is 1. The van der Waals surface area contributed by atoms with Crippen molar-refractivity contribution in [2.24, 2.45) is 0 Å². The first-order chi connectivity index (χ1) is 11.6. The SMILES string of the molecule is COc1ccc(CCNC(=O)/C=C/c2ccccc2Cl)cc1OC. The number of carbonyl (C=O) groups excluding carboxylic acids is 1. The summed E-state index contributed by atoms with van der Waals surface area (Å²) in [6, 6.07) is 13.1. The highest BCUT2D eigenvalue weighted by Crippen LogP contribution is 2.27. The van der Waals surface area contributed by atoms with Crippen molar-refractivity contribution in [2.75, 3.05) is 20.8 Å². The van der Waals surface area contributed by atoms with Crippen LogP contribution in [0.1, 0.15) is 11.1 Å². The Morgan fingerprint density at radius 1 is 1.12 bits per heavy atom. The zero-order chi connectivity index (χ0) is 17.4. The highest BCUT2D eigenvalue weighted by molar-refractivity contribution is 6.32. The van der Waals surface area contributed by atoms with Gasteiger partial charge in [-0.05, 0) is 41.8 Å². The maximum Gasteiger partial charge on any atom is 0.244 e. The van der Waals surface area contributed by atoms with Gasteiger partial charge in [-0.3, -0.25) is 4.79 Å². The van der Waals surface area contributed by atoms with Gasteiger partial charge < -0.3 is 14.8 Å². The first-order valence-electron chi connectivity index (χ1n) is 7.55. The van der Waals surface area contributed by atoms with Crippen molar-refractivity contribution in [3.63, 3.8) is 0 Å².